The number of ether oxygens (including phenoxy) is 4. The van der Waals surface area contributed by atoms with Gasteiger partial charge in [0.25, 0.3) is 0 Å². The summed E-state index contributed by atoms with van der Waals surface area (Å²) in [5.74, 6) is 0. The highest BCUT2D eigenvalue weighted by atomic mass is 16.7. The van der Waals surface area contributed by atoms with Crippen LogP contribution < -0.4 is 27.8 Å². The van der Waals surface area contributed by atoms with Gasteiger partial charge in [-0.25, -0.2) is 0 Å². The average Bonchev–Trinajstić information content (AvgIpc) is 2.76. The minimum absolute atomic E-state index is 0.0620. The number of aliphatic hydroxyl groups excluding tert-OH is 2. The zero-order chi connectivity index (χ0) is 24.5. The van der Waals surface area contributed by atoms with Gasteiger partial charge >= 0.3 is 0 Å². The summed E-state index contributed by atoms with van der Waals surface area (Å²) in [5, 5.41) is 38.3. The molecule has 0 radical (unpaired) electrons. The van der Waals surface area contributed by atoms with Gasteiger partial charge in [0.05, 0.1) is 24.8 Å². The number of rotatable bonds is 7. The number of nitrogens with one attached hydrogen (secondary N) is 2. The van der Waals surface area contributed by atoms with Crippen molar-refractivity contribution in [3.05, 3.63) is 0 Å². The van der Waals surface area contributed by atoms with Crippen molar-refractivity contribution >= 4 is 0 Å². The molecule has 0 unspecified atom stereocenters. The van der Waals surface area contributed by atoms with E-state index < -0.39 is 60.7 Å². The smallest absolute Gasteiger partial charge is 0.185 e. The summed E-state index contributed by atoms with van der Waals surface area (Å²) in [4.78, 5) is 0. The molecule has 2 saturated heterocycles. The van der Waals surface area contributed by atoms with E-state index >= 15 is 0 Å². The van der Waals surface area contributed by atoms with E-state index in [1.807, 2.05) is 14.0 Å². The fourth-order valence-electron chi connectivity index (χ4n) is 5.04. The lowest BCUT2D eigenvalue weighted by Gasteiger charge is -2.48. The largest absolute Gasteiger partial charge is 0.388 e. The third-order valence-corrected chi connectivity index (χ3v) is 7.24. The molecule has 11 N–H and O–H groups in total. The summed E-state index contributed by atoms with van der Waals surface area (Å²) in [5.41, 5.74) is 17.5. The number of likely N-dealkylation sites (N-methyl/N-ethyl adjacent to an activating group) is 2. The van der Waals surface area contributed by atoms with Crippen LogP contribution in [0.3, 0.4) is 0 Å². The van der Waals surface area contributed by atoms with Gasteiger partial charge < -0.3 is 62.1 Å². The third-order valence-electron chi connectivity index (χ3n) is 7.24. The van der Waals surface area contributed by atoms with Crippen molar-refractivity contribution in [2.75, 3.05) is 20.7 Å². The quantitative estimate of drug-likeness (QED) is 0.182. The predicted molar refractivity (Wildman–Crippen MR) is 120 cm³/mol. The lowest BCUT2D eigenvalue weighted by molar-refractivity contribution is -0.307. The summed E-state index contributed by atoms with van der Waals surface area (Å²) in [7, 11) is 3.49. The summed E-state index contributed by atoms with van der Waals surface area (Å²) >= 11 is 0. The van der Waals surface area contributed by atoms with Crippen molar-refractivity contribution in [2.24, 2.45) is 17.2 Å². The fourth-order valence-corrected chi connectivity index (χ4v) is 5.04. The van der Waals surface area contributed by atoms with Gasteiger partial charge in [-0.15, -0.1) is 0 Å². The van der Waals surface area contributed by atoms with Crippen LogP contribution in [0.15, 0.2) is 0 Å². The Balaban J connectivity index is 1.68. The molecule has 0 aromatic rings. The molecular formula is C21H43N5O7. The first-order valence-corrected chi connectivity index (χ1v) is 11.8. The molecule has 0 aromatic carbocycles. The topological polar surface area (TPSA) is 200 Å². The fraction of sp³-hybridized carbons (Fsp3) is 1.00. The molecule has 0 aromatic heterocycles. The van der Waals surface area contributed by atoms with Gasteiger partial charge in [-0.05, 0) is 47.2 Å². The zero-order valence-electron chi connectivity index (χ0n) is 20.0. The lowest BCUT2D eigenvalue weighted by atomic mass is 9.84. The summed E-state index contributed by atoms with van der Waals surface area (Å²) in [6, 6.07) is -2.11. The van der Waals surface area contributed by atoms with E-state index in [-0.39, 0.29) is 24.8 Å². The Bertz CT molecular complexity index is 632. The number of hydrogen-bond donors (Lipinski definition) is 8. The molecule has 3 aliphatic rings. The lowest BCUT2D eigenvalue weighted by Crippen LogP contribution is -2.68. The highest BCUT2D eigenvalue weighted by Crippen LogP contribution is 2.31. The molecule has 0 spiro atoms. The van der Waals surface area contributed by atoms with E-state index in [0.29, 0.717) is 12.8 Å². The Morgan fingerprint density at radius 1 is 0.970 bits per heavy atom. The predicted octanol–water partition coefficient (Wildman–Crippen LogP) is -3.33. The van der Waals surface area contributed by atoms with Gasteiger partial charge in [0.2, 0.25) is 0 Å². The van der Waals surface area contributed by atoms with Crippen LogP contribution in [0.1, 0.15) is 33.1 Å². The molecule has 1 aliphatic carbocycles. The molecule has 12 nitrogen and oxygen atoms in total. The molecule has 33 heavy (non-hydrogen) atoms. The summed E-state index contributed by atoms with van der Waals surface area (Å²) < 4.78 is 23.7. The Morgan fingerprint density at radius 2 is 1.58 bits per heavy atom. The Labute approximate surface area is 195 Å². The van der Waals surface area contributed by atoms with Gasteiger partial charge in [-0.2, -0.15) is 0 Å². The molecule has 2 aliphatic heterocycles. The molecule has 2 heterocycles. The minimum Gasteiger partial charge on any atom is -0.388 e. The summed E-state index contributed by atoms with van der Waals surface area (Å²) in [6.07, 6.45) is -4.22. The molecule has 3 fully saturated rings. The van der Waals surface area contributed by atoms with E-state index in [1.54, 1.807) is 14.0 Å². The van der Waals surface area contributed by atoms with Crippen molar-refractivity contribution in [2.45, 2.75) is 112 Å². The van der Waals surface area contributed by atoms with Crippen LogP contribution in [0.5, 0.6) is 0 Å². The van der Waals surface area contributed by atoms with Crippen LogP contribution in [0.2, 0.25) is 0 Å². The van der Waals surface area contributed by atoms with Crippen molar-refractivity contribution in [3.63, 3.8) is 0 Å². The summed E-state index contributed by atoms with van der Waals surface area (Å²) in [6.45, 7) is 3.52. The molecule has 194 valence electrons. The standard InChI is InChI=1S/C21H43N5O7/c1-9(25-3)13-6-5-10(22)19(31-13)32-16-11(23)7-12(24)17(14(16)27)33-20-15(28)18(26-4)21(2,29)8-30-20/h9-20,25-29H,5-8,22-24H2,1-4H3/t9-,10-,11+,12+,13+,14+,15-,16-,17+,18-,19-,20-,21+/m1/s1. The number of hydrogen-bond acceptors (Lipinski definition) is 12. The highest BCUT2D eigenvalue weighted by Gasteiger charge is 2.50. The normalized spacial score (nSPS) is 50.2. The molecule has 13 atom stereocenters. The number of nitrogens with two attached hydrogens (primary N) is 3. The van der Waals surface area contributed by atoms with E-state index in [2.05, 4.69) is 10.6 Å². The average molecular weight is 478 g/mol. The monoisotopic (exact) mass is 477 g/mol. The second kappa shape index (κ2) is 11.1. The third kappa shape index (κ3) is 5.85. The molecule has 0 bridgehead atoms. The maximum absolute atomic E-state index is 11.1. The first-order valence-electron chi connectivity index (χ1n) is 11.8. The van der Waals surface area contributed by atoms with Crippen LogP contribution in [0, 0.1) is 0 Å². The number of aliphatic hydroxyl groups is 3. The van der Waals surface area contributed by atoms with E-state index in [0.717, 1.165) is 6.42 Å². The first-order chi connectivity index (χ1) is 15.5. The van der Waals surface area contributed by atoms with Crippen molar-refractivity contribution in [1.29, 1.82) is 0 Å². The van der Waals surface area contributed by atoms with Crippen LogP contribution >= 0.6 is 0 Å². The molecule has 1 saturated carbocycles. The van der Waals surface area contributed by atoms with Crippen molar-refractivity contribution < 1.29 is 34.3 Å². The minimum atomic E-state index is -1.29. The Kier molecular flexibility index (Phi) is 9.09. The van der Waals surface area contributed by atoms with Crippen molar-refractivity contribution in [1.82, 2.24) is 10.6 Å². The molecule has 12 heteroatoms. The SMILES string of the molecule is CN[C@@H]1[C@@H](O)[C@@H](O[C@@H]2[C@@H](O)[C@H](O[C@H]3O[C@H]([C@@H](C)NC)CC[C@H]3N)[C@@H](N)C[C@@H]2N)OC[C@]1(C)O. The second-order valence-electron chi connectivity index (χ2n) is 9.91. The van der Waals surface area contributed by atoms with Gasteiger partial charge in [-0.3, -0.25) is 0 Å². The van der Waals surface area contributed by atoms with Gasteiger partial charge in [0.15, 0.2) is 12.6 Å². The molecular weight excluding hydrogens is 434 g/mol. The Morgan fingerprint density at radius 3 is 2.15 bits per heavy atom. The van der Waals surface area contributed by atoms with E-state index in [4.69, 9.17) is 36.1 Å². The zero-order valence-corrected chi connectivity index (χ0v) is 20.0. The van der Waals surface area contributed by atoms with Crippen LogP contribution in [-0.2, 0) is 18.9 Å². The van der Waals surface area contributed by atoms with Gasteiger partial charge in [0, 0.05) is 18.1 Å². The van der Waals surface area contributed by atoms with Gasteiger partial charge in [0.1, 0.15) is 30.0 Å². The molecule has 0 amide bonds. The van der Waals surface area contributed by atoms with E-state index in [1.165, 1.54) is 0 Å². The first kappa shape index (κ1) is 27.1. The van der Waals surface area contributed by atoms with Crippen LogP contribution in [0.4, 0.5) is 0 Å². The molecule has 3 rings (SSSR count). The highest BCUT2D eigenvalue weighted by molar-refractivity contribution is 5.02. The van der Waals surface area contributed by atoms with E-state index in [9.17, 15) is 15.3 Å². The van der Waals surface area contributed by atoms with Gasteiger partial charge in [-0.1, -0.05) is 0 Å². The Hall–Kier alpha value is -0.480. The van der Waals surface area contributed by atoms with Crippen LogP contribution in [-0.4, -0.2) is 115 Å². The maximum atomic E-state index is 11.1. The van der Waals surface area contributed by atoms with Crippen LogP contribution in [0.25, 0.3) is 0 Å². The second-order valence-corrected chi connectivity index (χ2v) is 9.91. The van der Waals surface area contributed by atoms with Crippen molar-refractivity contribution in [3.8, 4) is 0 Å². The maximum Gasteiger partial charge on any atom is 0.185 e.